The average molecular weight is 492 g/mol. The number of rotatable bonds is 7. The second-order valence-electron chi connectivity index (χ2n) is 7.65. The van der Waals surface area contributed by atoms with Crippen LogP contribution >= 0.6 is 0 Å². The number of benzene rings is 2. The van der Waals surface area contributed by atoms with Crippen LogP contribution in [0, 0.1) is 11.3 Å². The van der Waals surface area contributed by atoms with Crippen LogP contribution in [0.25, 0.3) is 11.5 Å². The van der Waals surface area contributed by atoms with E-state index < -0.39 is 23.7 Å². The van der Waals surface area contributed by atoms with Gasteiger partial charge in [0.05, 0.1) is 18.2 Å². The predicted molar refractivity (Wildman–Crippen MR) is 123 cm³/mol. The van der Waals surface area contributed by atoms with Gasteiger partial charge in [0.25, 0.3) is 5.91 Å². The monoisotopic (exact) mass is 492 g/mol. The molecular weight excluding hydrogens is 473 g/mol. The van der Waals surface area contributed by atoms with Crippen molar-refractivity contribution in [2.24, 2.45) is 7.05 Å². The molecule has 12 heteroatoms. The van der Waals surface area contributed by atoms with E-state index in [1.165, 1.54) is 36.7 Å². The summed E-state index contributed by atoms with van der Waals surface area (Å²) in [5.74, 6) is 0.475. The molecule has 0 aliphatic carbocycles. The number of halogens is 3. The molecule has 0 fully saturated rings. The van der Waals surface area contributed by atoms with Crippen molar-refractivity contribution in [3.8, 4) is 17.6 Å². The lowest BCUT2D eigenvalue weighted by Crippen LogP contribution is -2.29. The number of anilines is 1. The molecule has 2 aromatic carbocycles. The second-order valence-corrected chi connectivity index (χ2v) is 7.65. The fraction of sp³-hybridized carbons (Fsp3) is 0.167. The largest absolute Gasteiger partial charge is 0.416 e. The Kier molecular flexibility index (Phi) is 6.91. The molecule has 0 bridgehead atoms. The van der Waals surface area contributed by atoms with Gasteiger partial charge >= 0.3 is 6.18 Å². The van der Waals surface area contributed by atoms with Crippen molar-refractivity contribution < 1.29 is 18.0 Å². The van der Waals surface area contributed by atoms with Crippen molar-refractivity contribution in [1.82, 2.24) is 30.0 Å². The number of nitrogens with one attached hydrogen (secondary N) is 2. The SMILES string of the molecule is Cn1c(CNc2cccc(C(=O)N[C@H](C#N)c3ccccc3C(F)(F)F)c2)nnc1-c1ccncn1. The van der Waals surface area contributed by atoms with Gasteiger partial charge in [0.1, 0.15) is 18.1 Å². The van der Waals surface area contributed by atoms with Crippen molar-refractivity contribution >= 4 is 11.6 Å². The van der Waals surface area contributed by atoms with Gasteiger partial charge in [-0.2, -0.15) is 18.4 Å². The van der Waals surface area contributed by atoms with Gasteiger partial charge in [0.15, 0.2) is 11.6 Å². The summed E-state index contributed by atoms with van der Waals surface area (Å²) in [6, 6.07) is 13.0. The van der Waals surface area contributed by atoms with Gasteiger partial charge in [0.2, 0.25) is 0 Å². The molecule has 182 valence electrons. The van der Waals surface area contributed by atoms with Gasteiger partial charge in [-0.15, -0.1) is 10.2 Å². The lowest BCUT2D eigenvalue weighted by Gasteiger charge is -2.18. The molecule has 0 unspecified atom stereocenters. The standard InChI is InChI=1S/C24H19F3N8O/c1-35-21(33-34-22(35)19-9-10-29-14-31-19)13-30-16-6-4-5-15(11-16)23(36)32-20(12-28)17-7-2-3-8-18(17)24(25,26)27/h2-11,14,20,30H,13H2,1H3,(H,32,36)/t20-/m1/s1. The molecule has 0 spiro atoms. The number of nitriles is 1. The summed E-state index contributed by atoms with van der Waals surface area (Å²) in [5, 5.41) is 23.3. The lowest BCUT2D eigenvalue weighted by molar-refractivity contribution is -0.138. The molecule has 0 saturated heterocycles. The minimum atomic E-state index is -4.66. The van der Waals surface area contributed by atoms with E-state index in [1.807, 2.05) is 0 Å². The number of hydrogen-bond donors (Lipinski definition) is 2. The average Bonchev–Trinajstić information content (AvgIpc) is 3.26. The van der Waals surface area contributed by atoms with Gasteiger partial charge in [-0.3, -0.25) is 4.79 Å². The van der Waals surface area contributed by atoms with E-state index in [9.17, 15) is 23.2 Å². The zero-order chi connectivity index (χ0) is 25.7. The third-order valence-electron chi connectivity index (χ3n) is 5.33. The van der Waals surface area contributed by atoms with Crippen molar-refractivity contribution in [3.05, 3.63) is 89.6 Å². The maximum Gasteiger partial charge on any atom is 0.416 e. The molecule has 1 amide bonds. The minimum absolute atomic E-state index is 0.171. The van der Waals surface area contributed by atoms with Gasteiger partial charge < -0.3 is 15.2 Å². The van der Waals surface area contributed by atoms with Crippen LogP contribution in [-0.4, -0.2) is 30.6 Å². The number of nitrogens with zero attached hydrogens (tertiary/aromatic N) is 6. The highest BCUT2D eigenvalue weighted by molar-refractivity contribution is 5.95. The smallest absolute Gasteiger partial charge is 0.378 e. The fourth-order valence-corrected chi connectivity index (χ4v) is 3.51. The Bertz CT molecular complexity index is 1410. The zero-order valence-electron chi connectivity index (χ0n) is 18.9. The molecule has 0 aliphatic heterocycles. The Hall–Kier alpha value is -4.79. The first-order valence-electron chi connectivity index (χ1n) is 10.6. The number of carbonyl (C=O) groups is 1. The van der Waals surface area contributed by atoms with Crippen LogP contribution in [0.5, 0.6) is 0 Å². The molecule has 4 aromatic rings. The topological polar surface area (TPSA) is 121 Å². The Labute approximate surface area is 203 Å². The molecule has 1 atom stereocenters. The van der Waals surface area contributed by atoms with Crippen LogP contribution in [0.2, 0.25) is 0 Å². The zero-order valence-corrected chi connectivity index (χ0v) is 18.9. The second kappa shape index (κ2) is 10.2. The number of aromatic nitrogens is 5. The summed E-state index contributed by atoms with van der Waals surface area (Å²) in [6.45, 7) is 0.277. The summed E-state index contributed by atoms with van der Waals surface area (Å²) in [5.41, 5.74) is 0.0565. The summed E-state index contributed by atoms with van der Waals surface area (Å²) in [4.78, 5) is 20.8. The van der Waals surface area contributed by atoms with E-state index in [4.69, 9.17) is 0 Å². The van der Waals surface area contributed by atoms with Crippen molar-refractivity contribution in [3.63, 3.8) is 0 Å². The first kappa shape index (κ1) is 24.3. The molecule has 9 nitrogen and oxygen atoms in total. The molecular formula is C24H19F3N8O. The lowest BCUT2D eigenvalue weighted by atomic mass is 10.00. The van der Waals surface area contributed by atoms with Crippen LogP contribution in [-0.2, 0) is 19.8 Å². The van der Waals surface area contributed by atoms with E-state index in [1.54, 1.807) is 42.1 Å². The highest BCUT2D eigenvalue weighted by Gasteiger charge is 2.35. The van der Waals surface area contributed by atoms with Gasteiger partial charge in [-0.25, -0.2) is 9.97 Å². The van der Waals surface area contributed by atoms with E-state index in [2.05, 4.69) is 30.8 Å². The predicted octanol–water partition coefficient (Wildman–Crippen LogP) is 3.90. The Morgan fingerprint density at radius 3 is 2.67 bits per heavy atom. The summed E-state index contributed by atoms with van der Waals surface area (Å²) >= 11 is 0. The van der Waals surface area contributed by atoms with Gasteiger partial charge in [-0.1, -0.05) is 24.3 Å². The van der Waals surface area contributed by atoms with Gasteiger partial charge in [0, 0.05) is 30.1 Å². The highest BCUT2D eigenvalue weighted by atomic mass is 19.4. The van der Waals surface area contributed by atoms with E-state index in [0.29, 0.717) is 23.0 Å². The number of hydrogen-bond acceptors (Lipinski definition) is 7. The molecule has 0 radical (unpaired) electrons. The quantitative estimate of drug-likeness (QED) is 0.401. The van der Waals surface area contributed by atoms with Crippen LogP contribution in [0.4, 0.5) is 18.9 Å². The third kappa shape index (κ3) is 5.30. The minimum Gasteiger partial charge on any atom is -0.378 e. The molecule has 2 aromatic heterocycles. The molecule has 0 saturated carbocycles. The van der Waals surface area contributed by atoms with Crippen molar-refractivity contribution in [2.45, 2.75) is 18.8 Å². The van der Waals surface area contributed by atoms with E-state index >= 15 is 0 Å². The first-order chi connectivity index (χ1) is 17.3. The summed E-state index contributed by atoms with van der Waals surface area (Å²) in [6.07, 6.45) is -1.64. The van der Waals surface area contributed by atoms with Crippen LogP contribution in [0.1, 0.15) is 33.4 Å². The molecule has 0 aliphatic rings. The number of carbonyl (C=O) groups excluding carboxylic acids is 1. The highest BCUT2D eigenvalue weighted by Crippen LogP contribution is 2.34. The van der Waals surface area contributed by atoms with Crippen molar-refractivity contribution in [1.29, 1.82) is 5.26 Å². The maximum atomic E-state index is 13.4. The fourth-order valence-electron chi connectivity index (χ4n) is 3.51. The number of alkyl halides is 3. The van der Waals surface area contributed by atoms with Crippen LogP contribution < -0.4 is 10.6 Å². The third-order valence-corrected chi connectivity index (χ3v) is 5.33. The Morgan fingerprint density at radius 1 is 1.14 bits per heavy atom. The maximum absolute atomic E-state index is 13.4. The summed E-state index contributed by atoms with van der Waals surface area (Å²) < 4.78 is 41.9. The van der Waals surface area contributed by atoms with Crippen molar-refractivity contribution in [2.75, 3.05) is 5.32 Å². The summed E-state index contributed by atoms with van der Waals surface area (Å²) in [7, 11) is 1.79. The van der Waals surface area contributed by atoms with Crippen LogP contribution in [0.3, 0.4) is 0 Å². The number of amides is 1. The Balaban J connectivity index is 1.47. The normalized spacial score (nSPS) is 12.0. The first-order valence-corrected chi connectivity index (χ1v) is 10.6. The van der Waals surface area contributed by atoms with Crippen LogP contribution in [0.15, 0.2) is 67.1 Å². The Morgan fingerprint density at radius 2 is 1.94 bits per heavy atom. The van der Waals surface area contributed by atoms with E-state index in [-0.39, 0.29) is 17.7 Å². The van der Waals surface area contributed by atoms with Gasteiger partial charge in [-0.05, 0) is 30.3 Å². The molecule has 4 rings (SSSR count). The molecule has 2 heterocycles. The molecule has 2 N–H and O–H groups in total. The van der Waals surface area contributed by atoms with E-state index in [0.717, 1.165) is 6.07 Å². The molecule has 36 heavy (non-hydrogen) atoms.